The van der Waals surface area contributed by atoms with Gasteiger partial charge in [-0.1, -0.05) is 48.6 Å². The number of halogens is 2. The van der Waals surface area contributed by atoms with Gasteiger partial charge in [0.1, 0.15) is 39.9 Å². The molecule has 0 radical (unpaired) electrons. The van der Waals surface area contributed by atoms with Gasteiger partial charge in [0.05, 0.1) is 19.6 Å². The fourth-order valence-corrected chi connectivity index (χ4v) is 5.41. The van der Waals surface area contributed by atoms with Gasteiger partial charge in [0.2, 0.25) is 5.88 Å². The standard InChI is InChI=1S/C32H31F2N3O4/c1-19-8-5-9-21(15-14-19)30-35-20(2)27(32(39)37(30)29-25(40-3)12-7-13-26(29)41-4)31(38)36-17-16-22(18-36)28-23(33)10-6-11-24(28)34/h5-8,10-15,22,38H,2,9,16-18H2,1,3-4H3. The molecule has 1 fully saturated rings. The molecular weight excluding hydrogens is 528 g/mol. The molecule has 1 unspecified atom stereocenters. The van der Waals surface area contributed by atoms with Crippen LogP contribution in [0, 0.1) is 11.6 Å². The summed E-state index contributed by atoms with van der Waals surface area (Å²) in [5.41, 5.74) is 1.49. The summed E-state index contributed by atoms with van der Waals surface area (Å²) in [5, 5.41) is 11.4. The highest BCUT2D eigenvalue weighted by atomic mass is 19.1. The van der Waals surface area contributed by atoms with Gasteiger partial charge in [0, 0.05) is 24.6 Å². The van der Waals surface area contributed by atoms with Crippen LogP contribution in [0.25, 0.3) is 23.7 Å². The molecule has 2 aliphatic rings. The van der Waals surface area contributed by atoms with Gasteiger partial charge in [-0.15, -0.1) is 0 Å². The van der Waals surface area contributed by atoms with E-state index in [9.17, 15) is 18.7 Å². The molecule has 1 N–H and O–H groups in total. The normalized spacial score (nSPS) is 17.6. The molecule has 0 spiro atoms. The largest absolute Gasteiger partial charge is 0.494 e. The number of para-hydroxylation sites is 1. The number of aliphatic hydroxyl groups excluding tert-OH is 1. The number of methoxy groups -OCH3 is 2. The van der Waals surface area contributed by atoms with Gasteiger partial charge in [-0.05, 0) is 49.6 Å². The maximum Gasteiger partial charge on any atom is 0.271 e. The number of nitrogens with zero attached hydrogens (tertiary/aromatic N) is 3. The number of hydrogen-bond donors (Lipinski definition) is 1. The topological polar surface area (TPSA) is 76.8 Å². The van der Waals surface area contributed by atoms with E-state index in [0.717, 1.165) is 11.1 Å². The molecule has 1 saturated heterocycles. The average Bonchev–Trinajstić information content (AvgIpc) is 3.33. The Morgan fingerprint density at radius 3 is 2.39 bits per heavy atom. The van der Waals surface area contributed by atoms with E-state index in [-0.39, 0.29) is 35.1 Å². The van der Waals surface area contributed by atoms with Gasteiger partial charge in [0.25, 0.3) is 5.56 Å². The van der Waals surface area contributed by atoms with Crippen LogP contribution < -0.4 is 25.6 Å². The quantitative estimate of drug-likeness (QED) is 0.484. The molecule has 9 heteroatoms. The van der Waals surface area contributed by atoms with E-state index in [2.05, 4.69) is 6.58 Å². The van der Waals surface area contributed by atoms with Gasteiger partial charge < -0.3 is 19.5 Å². The van der Waals surface area contributed by atoms with E-state index in [0.29, 0.717) is 35.9 Å². The number of rotatable bonds is 6. The van der Waals surface area contributed by atoms with Gasteiger partial charge in [-0.2, -0.15) is 0 Å². The lowest BCUT2D eigenvalue weighted by Crippen LogP contribution is -2.50. The third-order valence-corrected chi connectivity index (χ3v) is 7.46. The first-order valence-electron chi connectivity index (χ1n) is 13.2. The first kappa shape index (κ1) is 27.9. The van der Waals surface area contributed by atoms with Crippen LogP contribution in [0.15, 0.2) is 71.1 Å². The van der Waals surface area contributed by atoms with E-state index >= 15 is 0 Å². The van der Waals surface area contributed by atoms with Crippen molar-refractivity contribution in [3.8, 4) is 17.2 Å². The number of hydrogen-bond acceptors (Lipinski definition) is 6. The third kappa shape index (κ3) is 5.15. The van der Waals surface area contributed by atoms with Gasteiger partial charge >= 0.3 is 0 Å². The van der Waals surface area contributed by atoms with E-state index in [1.54, 1.807) is 18.2 Å². The minimum absolute atomic E-state index is 0.0287. The molecule has 0 saturated carbocycles. The van der Waals surface area contributed by atoms with Gasteiger partial charge in [-0.3, -0.25) is 9.36 Å². The summed E-state index contributed by atoms with van der Waals surface area (Å²) in [7, 11) is 2.98. The molecule has 212 valence electrons. The van der Waals surface area contributed by atoms with Crippen molar-refractivity contribution in [3.05, 3.63) is 110 Å². The van der Waals surface area contributed by atoms with Gasteiger partial charge in [-0.25, -0.2) is 13.8 Å². The highest BCUT2D eigenvalue weighted by Gasteiger charge is 2.31. The van der Waals surface area contributed by atoms with E-state index < -0.39 is 23.1 Å². The number of ether oxygens (including phenoxy) is 2. The van der Waals surface area contributed by atoms with Crippen LogP contribution >= 0.6 is 0 Å². The minimum atomic E-state index is -0.638. The first-order chi connectivity index (χ1) is 19.7. The molecule has 1 aliphatic carbocycles. The second kappa shape index (κ2) is 11.4. The van der Waals surface area contributed by atoms with E-state index in [1.807, 2.05) is 31.2 Å². The SMILES string of the molecule is C=c1nc(C2=CC=C(C)C=CC2)n(-c2c(OC)cccc2OC)c(=O)c1=C(O)N1CCC(c2c(F)cccc2F)C1. The smallest absolute Gasteiger partial charge is 0.271 e. The first-order valence-corrected chi connectivity index (χ1v) is 13.2. The summed E-state index contributed by atoms with van der Waals surface area (Å²) in [5.74, 6) is -1.09. The second-order valence-electron chi connectivity index (χ2n) is 10.0. The average molecular weight is 560 g/mol. The Morgan fingerprint density at radius 2 is 1.73 bits per heavy atom. The monoisotopic (exact) mass is 559 g/mol. The van der Waals surface area contributed by atoms with Crippen molar-refractivity contribution in [1.29, 1.82) is 0 Å². The Balaban J connectivity index is 1.74. The number of benzene rings is 2. The maximum atomic E-state index is 14.5. The zero-order chi connectivity index (χ0) is 29.3. The summed E-state index contributed by atoms with van der Waals surface area (Å²) in [6, 6.07) is 8.90. The highest BCUT2D eigenvalue weighted by Crippen LogP contribution is 2.34. The molecule has 41 heavy (non-hydrogen) atoms. The van der Waals surface area contributed by atoms with Crippen molar-refractivity contribution in [2.75, 3.05) is 27.3 Å². The zero-order valence-corrected chi connectivity index (χ0v) is 23.2. The summed E-state index contributed by atoms with van der Waals surface area (Å²) in [6.45, 7) is 6.38. The van der Waals surface area contributed by atoms with E-state index in [1.165, 1.54) is 41.9 Å². The van der Waals surface area contributed by atoms with Crippen LogP contribution in [0.2, 0.25) is 0 Å². The lowest BCUT2D eigenvalue weighted by molar-refractivity contribution is 0.320. The molecule has 2 aromatic carbocycles. The van der Waals surface area contributed by atoms with Crippen molar-refractivity contribution < 1.29 is 23.4 Å². The lowest BCUT2D eigenvalue weighted by atomic mass is 9.97. The molecule has 0 bridgehead atoms. The molecule has 1 atom stereocenters. The summed E-state index contributed by atoms with van der Waals surface area (Å²) in [4.78, 5) is 20.6. The Hall–Kier alpha value is -4.66. The number of allylic oxidation sites excluding steroid dienone is 6. The van der Waals surface area contributed by atoms with Crippen LogP contribution in [0.3, 0.4) is 0 Å². The van der Waals surface area contributed by atoms with Crippen molar-refractivity contribution in [2.24, 2.45) is 0 Å². The van der Waals surface area contributed by atoms with Crippen LogP contribution in [0.4, 0.5) is 8.78 Å². The number of aromatic nitrogens is 2. The van der Waals surface area contributed by atoms with E-state index in [4.69, 9.17) is 14.5 Å². The van der Waals surface area contributed by atoms with Crippen LogP contribution in [0.5, 0.6) is 11.5 Å². The van der Waals surface area contributed by atoms with Crippen molar-refractivity contribution in [1.82, 2.24) is 14.5 Å². The van der Waals surface area contributed by atoms with Crippen molar-refractivity contribution >= 4 is 18.0 Å². The number of likely N-dealkylation sites (tertiary alicyclic amines) is 1. The molecule has 1 aromatic heterocycles. The lowest BCUT2D eigenvalue weighted by Gasteiger charge is -2.21. The Morgan fingerprint density at radius 1 is 1.07 bits per heavy atom. The van der Waals surface area contributed by atoms with Crippen LogP contribution in [-0.4, -0.2) is 46.9 Å². The molecule has 7 nitrogen and oxygen atoms in total. The van der Waals surface area contributed by atoms with Crippen molar-refractivity contribution in [2.45, 2.75) is 25.7 Å². The molecule has 0 amide bonds. The van der Waals surface area contributed by atoms with Gasteiger partial charge in [0.15, 0.2) is 0 Å². The zero-order valence-electron chi connectivity index (χ0n) is 23.2. The molecular formula is C32H31F2N3O4. The summed E-state index contributed by atoms with van der Waals surface area (Å²) >= 11 is 0. The summed E-state index contributed by atoms with van der Waals surface area (Å²) in [6.07, 6.45) is 8.67. The molecule has 1 aliphatic heterocycles. The molecule has 3 aromatic rings. The summed E-state index contributed by atoms with van der Waals surface area (Å²) < 4.78 is 41.6. The Labute approximate surface area is 236 Å². The van der Waals surface area contributed by atoms with Crippen LogP contribution in [-0.2, 0) is 0 Å². The highest BCUT2D eigenvalue weighted by molar-refractivity contribution is 5.69. The number of aliphatic hydroxyl groups is 1. The van der Waals surface area contributed by atoms with Crippen molar-refractivity contribution in [3.63, 3.8) is 0 Å². The molecule has 2 heterocycles. The second-order valence-corrected chi connectivity index (χ2v) is 10.0. The predicted octanol–water partition coefficient (Wildman–Crippen LogP) is 4.34. The van der Waals surface area contributed by atoms with Crippen LogP contribution in [0.1, 0.15) is 37.1 Å². The fraction of sp³-hybridized carbons (Fsp3) is 0.250. The molecule has 5 rings (SSSR count). The Kier molecular flexibility index (Phi) is 7.79. The predicted molar refractivity (Wildman–Crippen MR) is 155 cm³/mol. The maximum absolute atomic E-state index is 14.5. The third-order valence-electron chi connectivity index (χ3n) is 7.46. The Bertz CT molecular complexity index is 1730. The fourth-order valence-electron chi connectivity index (χ4n) is 5.41. The minimum Gasteiger partial charge on any atom is -0.494 e.